The van der Waals surface area contributed by atoms with Crippen LogP contribution in [0.15, 0.2) is 24.3 Å². The highest BCUT2D eigenvalue weighted by Crippen LogP contribution is 2.45. The predicted octanol–water partition coefficient (Wildman–Crippen LogP) is 3.59. The van der Waals surface area contributed by atoms with Crippen LogP contribution in [0.3, 0.4) is 0 Å². The Bertz CT molecular complexity index is 717. The Hall–Kier alpha value is -1.77. The number of rotatable bonds is 0. The van der Waals surface area contributed by atoms with E-state index >= 15 is 0 Å². The number of nitrogens with zero attached hydrogens (tertiary/aromatic N) is 1. The molecule has 0 unspecified atom stereocenters. The third kappa shape index (κ3) is 1.76. The highest BCUT2D eigenvalue weighted by Gasteiger charge is 2.45. The molecule has 3 heteroatoms. The molecule has 2 aromatic rings. The van der Waals surface area contributed by atoms with Crippen molar-refractivity contribution < 1.29 is 4.79 Å². The fourth-order valence-electron chi connectivity index (χ4n) is 4.49. The van der Waals surface area contributed by atoms with Gasteiger partial charge in [-0.1, -0.05) is 25.1 Å². The Kier molecular flexibility index (Phi) is 2.69. The lowest BCUT2D eigenvalue weighted by Gasteiger charge is -2.46. The standard InChI is InChI=1S/C18H22N2O/c1-12-10-16(21)20-9-5-7-14-13-6-3-4-8-15(13)19-17(14)18(20,2)11-12/h3-4,6,8,12,19H,5,7,9-11H2,1-2H3/t12-,18+/m0/s1. The Labute approximate surface area is 125 Å². The van der Waals surface area contributed by atoms with E-state index in [1.54, 1.807) is 0 Å². The first kappa shape index (κ1) is 12.9. The number of carbonyl (C=O) groups excluding carboxylic acids is 1. The molecule has 0 saturated carbocycles. The van der Waals surface area contributed by atoms with Crippen LogP contribution >= 0.6 is 0 Å². The average molecular weight is 282 g/mol. The molecular weight excluding hydrogens is 260 g/mol. The summed E-state index contributed by atoms with van der Waals surface area (Å²) in [5.74, 6) is 0.777. The Balaban J connectivity index is 1.96. The molecule has 110 valence electrons. The molecular formula is C18H22N2O. The highest BCUT2D eigenvalue weighted by atomic mass is 16.2. The van der Waals surface area contributed by atoms with Crippen molar-refractivity contribution in [1.29, 1.82) is 0 Å². The molecule has 1 aromatic carbocycles. The highest BCUT2D eigenvalue weighted by molar-refractivity contribution is 5.86. The molecule has 0 bridgehead atoms. The van der Waals surface area contributed by atoms with Gasteiger partial charge in [0.25, 0.3) is 0 Å². The predicted molar refractivity (Wildman–Crippen MR) is 84.1 cm³/mol. The lowest BCUT2D eigenvalue weighted by atomic mass is 9.79. The molecule has 2 aliphatic rings. The maximum atomic E-state index is 12.5. The number of para-hydroxylation sites is 1. The van der Waals surface area contributed by atoms with Crippen LogP contribution < -0.4 is 0 Å². The largest absolute Gasteiger partial charge is 0.356 e. The number of hydrogen-bond donors (Lipinski definition) is 1. The second kappa shape index (κ2) is 4.36. The topological polar surface area (TPSA) is 36.1 Å². The number of piperidine rings is 1. The van der Waals surface area contributed by atoms with Crippen molar-refractivity contribution in [3.63, 3.8) is 0 Å². The number of carbonyl (C=O) groups is 1. The lowest BCUT2D eigenvalue weighted by molar-refractivity contribution is -0.144. The molecule has 1 amide bonds. The summed E-state index contributed by atoms with van der Waals surface area (Å²) in [5.41, 5.74) is 3.74. The van der Waals surface area contributed by atoms with Gasteiger partial charge in [0, 0.05) is 29.6 Å². The Morgan fingerprint density at radius 1 is 1.33 bits per heavy atom. The second-order valence-electron chi connectivity index (χ2n) is 6.96. The van der Waals surface area contributed by atoms with Crippen molar-refractivity contribution in [2.24, 2.45) is 5.92 Å². The molecule has 1 fully saturated rings. The van der Waals surface area contributed by atoms with Crippen LogP contribution in [0.25, 0.3) is 10.9 Å². The van der Waals surface area contributed by atoms with Crippen LogP contribution in [0, 0.1) is 5.92 Å². The van der Waals surface area contributed by atoms with Crippen molar-refractivity contribution in [3.05, 3.63) is 35.5 Å². The zero-order chi connectivity index (χ0) is 14.6. The summed E-state index contributed by atoms with van der Waals surface area (Å²) in [6.07, 6.45) is 3.88. The number of H-pyrrole nitrogens is 1. The van der Waals surface area contributed by atoms with E-state index in [2.05, 4.69) is 48.0 Å². The first-order chi connectivity index (χ1) is 10.1. The van der Waals surface area contributed by atoms with Gasteiger partial charge in [-0.25, -0.2) is 0 Å². The molecule has 1 saturated heterocycles. The van der Waals surface area contributed by atoms with Gasteiger partial charge in [-0.2, -0.15) is 0 Å². The van der Waals surface area contributed by atoms with E-state index in [4.69, 9.17) is 0 Å². The van der Waals surface area contributed by atoms with E-state index in [1.165, 1.54) is 22.2 Å². The van der Waals surface area contributed by atoms with Gasteiger partial charge < -0.3 is 9.88 Å². The minimum absolute atomic E-state index is 0.167. The molecule has 0 aliphatic carbocycles. The van der Waals surface area contributed by atoms with Gasteiger partial charge in [-0.15, -0.1) is 0 Å². The van der Waals surface area contributed by atoms with Gasteiger partial charge in [0.2, 0.25) is 5.91 Å². The van der Waals surface area contributed by atoms with Crippen LogP contribution in [0.4, 0.5) is 0 Å². The first-order valence-corrected chi connectivity index (χ1v) is 8.00. The van der Waals surface area contributed by atoms with Crippen molar-refractivity contribution in [3.8, 4) is 0 Å². The maximum Gasteiger partial charge on any atom is 0.223 e. The number of benzene rings is 1. The van der Waals surface area contributed by atoms with E-state index in [9.17, 15) is 4.79 Å². The smallest absolute Gasteiger partial charge is 0.223 e. The average Bonchev–Trinajstić information content (AvgIpc) is 2.74. The van der Waals surface area contributed by atoms with Gasteiger partial charge in [-0.05, 0) is 43.7 Å². The molecule has 3 nitrogen and oxygen atoms in total. The van der Waals surface area contributed by atoms with Crippen LogP contribution in [0.5, 0.6) is 0 Å². The molecule has 2 aliphatic heterocycles. The minimum atomic E-state index is -0.167. The summed E-state index contributed by atoms with van der Waals surface area (Å²) in [7, 11) is 0. The summed E-state index contributed by atoms with van der Waals surface area (Å²) in [5, 5.41) is 1.33. The summed E-state index contributed by atoms with van der Waals surface area (Å²) >= 11 is 0. The van der Waals surface area contributed by atoms with Crippen LogP contribution in [-0.2, 0) is 16.8 Å². The van der Waals surface area contributed by atoms with Gasteiger partial charge in [0.05, 0.1) is 5.54 Å². The van der Waals surface area contributed by atoms with Gasteiger partial charge >= 0.3 is 0 Å². The SMILES string of the molecule is C[C@H]1CC(=O)N2CCCc3c([nH]c4ccccc34)[C@@]2(C)C1. The third-order valence-electron chi connectivity index (χ3n) is 5.33. The lowest BCUT2D eigenvalue weighted by Crippen LogP contribution is -2.52. The van der Waals surface area contributed by atoms with Crippen LogP contribution in [-0.4, -0.2) is 22.3 Å². The zero-order valence-corrected chi connectivity index (χ0v) is 12.8. The second-order valence-corrected chi connectivity index (χ2v) is 6.96. The van der Waals surface area contributed by atoms with Crippen molar-refractivity contribution in [2.75, 3.05) is 6.54 Å². The summed E-state index contributed by atoms with van der Waals surface area (Å²) in [4.78, 5) is 18.3. The van der Waals surface area contributed by atoms with Crippen molar-refractivity contribution in [2.45, 2.75) is 45.1 Å². The number of hydrogen-bond acceptors (Lipinski definition) is 1. The van der Waals surface area contributed by atoms with Crippen molar-refractivity contribution in [1.82, 2.24) is 9.88 Å². The maximum absolute atomic E-state index is 12.5. The minimum Gasteiger partial charge on any atom is -0.356 e. The Morgan fingerprint density at radius 2 is 2.14 bits per heavy atom. The van der Waals surface area contributed by atoms with Gasteiger partial charge in [0.1, 0.15) is 0 Å². The first-order valence-electron chi connectivity index (χ1n) is 8.00. The van der Waals surface area contributed by atoms with Crippen LogP contribution in [0.1, 0.15) is 44.4 Å². The van der Waals surface area contributed by atoms with Crippen LogP contribution in [0.2, 0.25) is 0 Å². The number of fused-ring (bicyclic) bond motifs is 5. The van der Waals surface area contributed by atoms with E-state index in [0.29, 0.717) is 18.2 Å². The fraction of sp³-hybridized carbons (Fsp3) is 0.500. The molecule has 0 radical (unpaired) electrons. The van der Waals surface area contributed by atoms with Crippen molar-refractivity contribution >= 4 is 16.8 Å². The number of amides is 1. The van der Waals surface area contributed by atoms with E-state index < -0.39 is 0 Å². The van der Waals surface area contributed by atoms with E-state index in [0.717, 1.165) is 25.8 Å². The molecule has 2 atom stereocenters. The molecule has 0 spiro atoms. The Morgan fingerprint density at radius 3 is 3.00 bits per heavy atom. The number of nitrogens with one attached hydrogen (secondary N) is 1. The van der Waals surface area contributed by atoms with Gasteiger partial charge in [-0.3, -0.25) is 4.79 Å². The molecule has 3 heterocycles. The molecule has 21 heavy (non-hydrogen) atoms. The summed E-state index contributed by atoms with van der Waals surface area (Å²) in [6.45, 7) is 5.34. The van der Waals surface area contributed by atoms with E-state index in [-0.39, 0.29) is 5.54 Å². The number of aromatic nitrogens is 1. The molecule has 1 N–H and O–H groups in total. The summed E-state index contributed by atoms with van der Waals surface area (Å²) in [6, 6.07) is 8.53. The van der Waals surface area contributed by atoms with Gasteiger partial charge in [0.15, 0.2) is 0 Å². The quantitative estimate of drug-likeness (QED) is 0.787. The number of aryl methyl sites for hydroxylation is 1. The number of aromatic amines is 1. The zero-order valence-electron chi connectivity index (χ0n) is 12.8. The normalized spacial score (nSPS) is 29.1. The molecule has 1 aromatic heterocycles. The molecule has 4 rings (SSSR count). The fourth-order valence-corrected chi connectivity index (χ4v) is 4.49. The third-order valence-corrected chi connectivity index (χ3v) is 5.33. The monoisotopic (exact) mass is 282 g/mol. The van der Waals surface area contributed by atoms with E-state index in [1.807, 2.05) is 0 Å². The summed E-state index contributed by atoms with van der Waals surface area (Å²) < 4.78 is 0.